The molecule has 1 N–H and O–H groups in total. The van der Waals surface area contributed by atoms with Gasteiger partial charge in [0.15, 0.2) is 0 Å². The lowest BCUT2D eigenvalue weighted by Crippen LogP contribution is -2.55. The molecule has 0 aliphatic carbocycles. The number of hydrogen-bond acceptors (Lipinski definition) is 5. The third kappa shape index (κ3) is 8.31. The van der Waals surface area contributed by atoms with Gasteiger partial charge in [-0.1, -0.05) is 66.0 Å². The molecule has 0 unspecified atom stereocenters. The summed E-state index contributed by atoms with van der Waals surface area (Å²) in [6, 6.07) is 16.2. The third-order valence-corrected chi connectivity index (χ3v) is 9.08. The van der Waals surface area contributed by atoms with Gasteiger partial charge in [0.2, 0.25) is 11.8 Å². The molecule has 42 heavy (non-hydrogen) atoms. The standard InChI is InChI=1S/C30H34Cl3N3O5S/c1-6-26(29(38)34-30(2,3)4)35(18-20-12-14-23(31)24(32)16-20)28(37)19-36(21-13-15-27(41-5)25(33)17-21)42(39,40)22-10-8-7-9-11-22/h7-17,26H,6,18-19H2,1-5H3,(H,34,38)/t26-/m0/s1. The normalized spacial score (nSPS) is 12.4. The minimum Gasteiger partial charge on any atom is -0.495 e. The maximum atomic E-state index is 14.2. The number of anilines is 1. The van der Waals surface area contributed by atoms with E-state index >= 15 is 0 Å². The summed E-state index contributed by atoms with van der Waals surface area (Å²) in [4.78, 5) is 28.9. The van der Waals surface area contributed by atoms with E-state index in [1.165, 1.54) is 42.3 Å². The highest BCUT2D eigenvalue weighted by molar-refractivity contribution is 7.92. The summed E-state index contributed by atoms with van der Waals surface area (Å²) in [5, 5.41) is 3.72. The summed E-state index contributed by atoms with van der Waals surface area (Å²) >= 11 is 18.7. The van der Waals surface area contributed by atoms with Crippen molar-refractivity contribution in [2.75, 3.05) is 18.0 Å². The Hall–Kier alpha value is -2.98. The van der Waals surface area contributed by atoms with E-state index in [0.29, 0.717) is 16.3 Å². The Labute approximate surface area is 262 Å². The van der Waals surface area contributed by atoms with E-state index in [-0.39, 0.29) is 39.5 Å². The zero-order chi connectivity index (χ0) is 31.2. The molecule has 0 fully saturated rings. The lowest BCUT2D eigenvalue weighted by atomic mass is 10.1. The van der Waals surface area contributed by atoms with E-state index in [4.69, 9.17) is 39.5 Å². The van der Waals surface area contributed by atoms with Crippen molar-refractivity contribution in [3.63, 3.8) is 0 Å². The highest BCUT2D eigenvalue weighted by Crippen LogP contribution is 2.32. The van der Waals surface area contributed by atoms with Crippen LogP contribution in [-0.2, 0) is 26.2 Å². The predicted octanol–water partition coefficient (Wildman–Crippen LogP) is 6.57. The van der Waals surface area contributed by atoms with E-state index in [1.54, 1.807) is 43.3 Å². The summed E-state index contributed by atoms with van der Waals surface area (Å²) < 4.78 is 34.1. The monoisotopic (exact) mass is 653 g/mol. The van der Waals surface area contributed by atoms with Gasteiger partial charge in [-0.25, -0.2) is 8.42 Å². The van der Waals surface area contributed by atoms with Crippen molar-refractivity contribution < 1.29 is 22.7 Å². The first-order valence-corrected chi connectivity index (χ1v) is 15.7. The molecule has 0 radical (unpaired) electrons. The maximum Gasteiger partial charge on any atom is 0.264 e. The minimum absolute atomic E-state index is 0.0155. The molecule has 0 saturated carbocycles. The van der Waals surface area contributed by atoms with Gasteiger partial charge in [0.05, 0.1) is 32.8 Å². The smallest absolute Gasteiger partial charge is 0.264 e. The van der Waals surface area contributed by atoms with E-state index in [9.17, 15) is 18.0 Å². The largest absolute Gasteiger partial charge is 0.495 e. The Morgan fingerprint density at radius 2 is 1.60 bits per heavy atom. The average Bonchev–Trinajstić information content (AvgIpc) is 2.92. The molecule has 3 aromatic rings. The van der Waals surface area contributed by atoms with E-state index in [2.05, 4.69) is 5.32 Å². The SMILES string of the molecule is CC[C@@H](C(=O)NC(C)(C)C)N(Cc1ccc(Cl)c(Cl)c1)C(=O)CN(c1ccc(OC)c(Cl)c1)S(=O)(=O)c1ccccc1. The Balaban J connectivity index is 2.11. The number of ether oxygens (including phenoxy) is 1. The Bertz CT molecular complexity index is 1530. The van der Waals surface area contributed by atoms with Crippen LogP contribution in [-0.4, -0.2) is 50.4 Å². The lowest BCUT2D eigenvalue weighted by Gasteiger charge is -2.35. The van der Waals surface area contributed by atoms with Crippen molar-refractivity contribution in [3.8, 4) is 5.75 Å². The molecule has 2 amide bonds. The van der Waals surface area contributed by atoms with Gasteiger partial charge in [0.1, 0.15) is 18.3 Å². The topological polar surface area (TPSA) is 96.0 Å². The first-order valence-electron chi connectivity index (χ1n) is 13.1. The molecule has 3 rings (SSSR count). The average molecular weight is 655 g/mol. The summed E-state index contributed by atoms with van der Waals surface area (Å²) in [5.41, 5.74) is 0.204. The molecule has 12 heteroatoms. The predicted molar refractivity (Wildman–Crippen MR) is 168 cm³/mol. The van der Waals surface area contributed by atoms with Gasteiger partial charge in [0.25, 0.3) is 10.0 Å². The van der Waals surface area contributed by atoms with Gasteiger partial charge < -0.3 is 15.0 Å². The molecule has 0 bridgehead atoms. The Kier molecular flexibility index (Phi) is 11.2. The first kappa shape index (κ1) is 33.5. The number of methoxy groups -OCH3 is 1. The van der Waals surface area contributed by atoms with Crippen LogP contribution in [0.1, 0.15) is 39.7 Å². The molecule has 0 heterocycles. The number of carbonyl (C=O) groups excluding carboxylic acids is 2. The van der Waals surface area contributed by atoms with Crippen molar-refractivity contribution in [1.29, 1.82) is 0 Å². The van der Waals surface area contributed by atoms with Crippen LogP contribution in [0, 0.1) is 0 Å². The molecule has 0 saturated heterocycles. The van der Waals surface area contributed by atoms with Gasteiger partial charge in [0, 0.05) is 12.1 Å². The first-order chi connectivity index (χ1) is 19.7. The summed E-state index contributed by atoms with van der Waals surface area (Å²) in [6.07, 6.45) is 0.273. The number of amides is 2. The molecular formula is C30H34Cl3N3O5S. The van der Waals surface area contributed by atoms with Crippen LogP contribution in [0.4, 0.5) is 5.69 Å². The summed E-state index contributed by atoms with van der Waals surface area (Å²) in [6.45, 7) is 6.66. The van der Waals surface area contributed by atoms with Gasteiger partial charge in [-0.05, 0) is 75.2 Å². The van der Waals surface area contributed by atoms with Gasteiger partial charge in [-0.15, -0.1) is 0 Å². The number of nitrogens with one attached hydrogen (secondary N) is 1. The molecule has 0 spiro atoms. The van der Waals surface area contributed by atoms with Crippen molar-refractivity contribution in [3.05, 3.63) is 87.4 Å². The quantitative estimate of drug-likeness (QED) is 0.252. The molecule has 1 atom stereocenters. The van der Waals surface area contributed by atoms with E-state index in [0.717, 1.165) is 4.31 Å². The Morgan fingerprint density at radius 3 is 2.14 bits per heavy atom. The van der Waals surface area contributed by atoms with Crippen LogP contribution >= 0.6 is 34.8 Å². The molecule has 0 aliphatic rings. The number of carbonyl (C=O) groups is 2. The van der Waals surface area contributed by atoms with Crippen LogP contribution in [0.3, 0.4) is 0 Å². The fourth-order valence-electron chi connectivity index (χ4n) is 4.27. The zero-order valence-corrected chi connectivity index (χ0v) is 27.1. The minimum atomic E-state index is -4.24. The number of halogens is 3. The van der Waals surface area contributed by atoms with Gasteiger partial charge in [-0.2, -0.15) is 0 Å². The van der Waals surface area contributed by atoms with Crippen molar-refractivity contribution in [1.82, 2.24) is 10.2 Å². The zero-order valence-electron chi connectivity index (χ0n) is 24.0. The van der Waals surface area contributed by atoms with Crippen LogP contribution in [0.2, 0.25) is 15.1 Å². The molecule has 0 aliphatic heterocycles. The van der Waals surface area contributed by atoms with Crippen molar-refractivity contribution >= 4 is 62.3 Å². The second-order valence-corrected chi connectivity index (χ2v) is 13.7. The molecule has 0 aromatic heterocycles. The maximum absolute atomic E-state index is 14.2. The van der Waals surface area contributed by atoms with Gasteiger partial charge in [-0.3, -0.25) is 13.9 Å². The van der Waals surface area contributed by atoms with Crippen LogP contribution in [0.15, 0.2) is 71.6 Å². The molecule has 3 aromatic carbocycles. The van der Waals surface area contributed by atoms with Crippen molar-refractivity contribution in [2.45, 2.75) is 57.1 Å². The molecule has 8 nitrogen and oxygen atoms in total. The lowest BCUT2D eigenvalue weighted by molar-refractivity contribution is -0.141. The highest BCUT2D eigenvalue weighted by Gasteiger charge is 2.35. The van der Waals surface area contributed by atoms with E-state index < -0.39 is 34.1 Å². The number of benzene rings is 3. The highest BCUT2D eigenvalue weighted by atomic mass is 35.5. The van der Waals surface area contributed by atoms with Crippen LogP contribution < -0.4 is 14.4 Å². The third-order valence-electron chi connectivity index (χ3n) is 6.25. The summed E-state index contributed by atoms with van der Waals surface area (Å²) in [5.74, 6) is -0.637. The molecular weight excluding hydrogens is 621 g/mol. The molecule has 226 valence electrons. The number of nitrogens with zero attached hydrogens (tertiary/aromatic N) is 2. The Morgan fingerprint density at radius 1 is 0.929 bits per heavy atom. The number of sulfonamides is 1. The second kappa shape index (κ2) is 14.0. The van der Waals surface area contributed by atoms with Crippen LogP contribution in [0.25, 0.3) is 0 Å². The fourth-order valence-corrected chi connectivity index (χ4v) is 6.27. The van der Waals surface area contributed by atoms with Crippen molar-refractivity contribution in [2.24, 2.45) is 0 Å². The second-order valence-electron chi connectivity index (χ2n) is 10.6. The number of rotatable bonds is 11. The number of hydrogen-bond donors (Lipinski definition) is 1. The van der Waals surface area contributed by atoms with Gasteiger partial charge >= 0.3 is 0 Å². The fraction of sp³-hybridized carbons (Fsp3) is 0.333. The van der Waals surface area contributed by atoms with E-state index in [1.807, 2.05) is 20.8 Å². The summed E-state index contributed by atoms with van der Waals surface area (Å²) in [7, 11) is -2.80. The van der Waals surface area contributed by atoms with Crippen LogP contribution in [0.5, 0.6) is 5.75 Å².